The van der Waals surface area contributed by atoms with E-state index in [0.29, 0.717) is 18.9 Å². The number of rotatable bonds is 5. The molecule has 0 bridgehead atoms. The zero-order valence-corrected chi connectivity index (χ0v) is 12.6. The van der Waals surface area contributed by atoms with Crippen molar-refractivity contribution in [3.8, 4) is 0 Å². The molecule has 0 aliphatic carbocycles. The van der Waals surface area contributed by atoms with Crippen LogP contribution in [0.5, 0.6) is 0 Å². The number of carbonyl (C=O) groups is 1. The van der Waals surface area contributed by atoms with Gasteiger partial charge >= 0.3 is 0 Å². The summed E-state index contributed by atoms with van der Waals surface area (Å²) < 4.78 is 0. The molecule has 1 unspecified atom stereocenters. The van der Waals surface area contributed by atoms with Crippen LogP contribution in [0, 0.1) is 5.92 Å². The van der Waals surface area contributed by atoms with Gasteiger partial charge in [0.25, 0.3) is 0 Å². The average molecular weight is 274 g/mol. The molecule has 20 heavy (non-hydrogen) atoms. The predicted molar refractivity (Wildman–Crippen MR) is 82.4 cm³/mol. The number of nitrogens with two attached hydrogens (primary N) is 1. The molecule has 3 heteroatoms. The fourth-order valence-corrected chi connectivity index (χ4v) is 3.11. The molecule has 1 aromatic rings. The van der Waals surface area contributed by atoms with E-state index in [4.69, 9.17) is 5.73 Å². The maximum absolute atomic E-state index is 12.3. The second-order valence-corrected chi connectivity index (χ2v) is 6.08. The fourth-order valence-electron chi connectivity index (χ4n) is 3.11. The number of hydrogen-bond donors (Lipinski definition) is 1. The summed E-state index contributed by atoms with van der Waals surface area (Å²) in [7, 11) is 0. The lowest BCUT2D eigenvalue weighted by Crippen LogP contribution is -2.32. The highest BCUT2D eigenvalue weighted by atomic mass is 16.2. The van der Waals surface area contributed by atoms with Gasteiger partial charge in [-0.15, -0.1) is 0 Å². The molecule has 1 aromatic carbocycles. The Morgan fingerprint density at radius 2 is 2.05 bits per heavy atom. The Morgan fingerprint density at radius 1 is 1.35 bits per heavy atom. The van der Waals surface area contributed by atoms with E-state index in [1.54, 1.807) is 0 Å². The molecule has 110 valence electrons. The summed E-state index contributed by atoms with van der Waals surface area (Å²) in [4.78, 5) is 14.3. The lowest BCUT2D eigenvalue weighted by atomic mass is 9.95. The molecule has 1 saturated heterocycles. The van der Waals surface area contributed by atoms with Crippen LogP contribution in [0.15, 0.2) is 30.3 Å². The first-order chi connectivity index (χ1) is 9.61. The molecule has 2 N–H and O–H groups in total. The number of amides is 1. The SMILES string of the molecule is CCCC(C)CC(=O)N1C[C@@H](N)[C@H](c2ccccc2)C1. The summed E-state index contributed by atoms with van der Waals surface area (Å²) in [6.45, 7) is 5.78. The maximum Gasteiger partial charge on any atom is 0.222 e. The Bertz CT molecular complexity index is 432. The Morgan fingerprint density at radius 3 is 2.70 bits per heavy atom. The summed E-state index contributed by atoms with van der Waals surface area (Å²) in [5.74, 6) is 1.01. The van der Waals surface area contributed by atoms with Crippen molar-refractivity contribution in [3.63, 3.8) is 0 Å². The molecule has 3 nitrogen and oxygen atoms in total. The molecular formula is C17H26N2O. The van der Waals surface area contributed by atoms with Crippen LogP contribution in [0.4, 0.5) is 0 Å². The molecule has 0 saturated carbocycles. The summed E-state index contributed by atoms with van der Waals surface area (Å²) in [6.07, 6.45) is 2.91. The zero-order valence-electron chi connectivity index (χ0n) is 12.6. The first-order valence-corrected chi connectivity index (χ1v) is 7.70. The molecular weight excluding hydrogens is 248 g/mol. The quantitative estimate of drug-likeness (QED) is 0.897. The van der Waals surface area contributed by atoms with Crippen molar-refractivity contribution in [2.24, 2.45) is 11.7 Å². The van der Waals surface area contributed by atoms with Gasteiger partial charge in [-0.05, 0) is 11.5 Å². The van der Waals surface area contributed by atoms with Gasteiger partial charge in [0.2, 0.25) is 5.91 Å². The van der Waals surface area contributed by atoms with Gasteiger partial charge in [0.15, 0.2) is 0 Å². The molecule has 0 spiro atoms. The Hall–Kier alpha value is -1.35. The lowest BCUT2D eigenvalue weighted by Gasteiger charge is -2.19. The summed E-state index contributed by atoms with van der Waals surface area (Å²) >= 11 is 0. The van der Waals surface area contributed by atoms with Crippen molar-refractivity contribution in [3.05, 3.63) is 35.9 Å². The van der Waals surface area contributed by atoms with E-state index in [0.717, 1.165) is 19.4 Å². The van der Waals surface area contributed by atoms with Crippen molar-refractivity contribution in [2.75, 3.05) is 13.1 Å². The highest BCUT2D eigenvalue weighted by Crippen LogP contribution is 2.27. The third kappa shape index (κ3) is 3.60. The Kier molecular flexibility index (Phi) is 5.18. The lowest BCUT2D eigenvalue weighted by molar-refractivity contribution is -0.131. The van der Waals surface area contributed by atoms with Crippen LogP contribution in [-0.2, 0) is 4.79 Å². The normalized spacial score (nSPS) is 23.9. The van der Waals surface area contributed by atoms with Crippen LogP contribution in [0.3, 0.4) is 0 Å². The van der Waals surface area contributed by atoms with Crippen molar-refractivity contribution in [1.29, 1.82) is 0 Å². The summed E-state index contributed by atoms with van der Waals surface area (Å²) in [5, 5.41) is 0. The summed E-state index contributed by atoms with van der Waals surface area (Å²) in [6, 6.07) is 10.4. The standard InChI is InChI=1S/C17H26N2O/c1-3-7-13(2)10-17(20)19-11-15(16(18)12-19)14-8-5-4-6-9-14/h4-6,8-9,13,15-16H,3,7,10-12,18H2,1-2H3/t13?,15-,16+/m0/s1. The second kappa shape index (κ2) is 6.89. The van der Waals surface area contributed by atoms with E-state index >= 15 is 0 Å². The van der Waals surface area contributed by atoms with Crippen LogP contribution in [-0.4, -0.2) is 29.9 Å². The molecule has 0 aromatic heterocycles. The van der Waals surface area contributed by atoms with Crippen molar-refractivity contribution >= 4 is 5.91 Å². The van der Waals surface area contributed by atoms with Crippen LogP contribution in [0.2, 0.25) is 0 Å². The van der Waals surface area contributed by atoms with Crippen molar-refractivity contribution in [2.45, 2.75) is 45.1 Å². The first kappa shape index (κ1) is 15.0. The van der Waals surface area contributed by atoms with Gasteiger partial charge in [-0.3, -0.25) is 4.79 Å². The Labute approximate surface area is 122 Å². The average Bonchev–Trinajstić information content (AvgIpc) is 2.82. The smallest absolute Gasteiger partial charge is 0.222 e. The van der Waals surface area contributed by atoms with E-state index in [2.05, 4.69) is 26.0 Å². The van der Waals surface area contributed by atoms with Crippen LogP contribution < -0.4 is 5.73 Å². The van der Waals surface area contributed by atoms with Gasteiger partial charge in [-0.25, -0.2) is 0 Å². The summed E-state index contributed by atoms with van der Waals surface area (Å²) in [5.41, 5.74) is 7.48. The molecule has 3 atom stereocenters. The highest BCUT2D eigenvalue weighted by Gasteiger charge is 2.33. The number of carbonyl (C=O) groups excluding carboxylic acids is 1. The van der Waals surface area contributed by atoms with E-state index in [1.807, 2.05) is 23.1 Å². The topological polar surface area (TPSA) is 46.3 Å². The number of hydrogen-bond acceptors (Lipinski definition) is 2. The number of nitrogens with zero attached hydrogens (tertiary/aromatic N) is 1. The second-order valence-electron chi connectivity index (χ2n) is 6.08. The van der Waals surface area contributed by atoms with E-state index in [1.165, 1.54) is 5.56 Å². The third-order valence-corrected chi connectivity index (χ3v) is 4.25. The number of likely N-dealkylation sites (tertiary alicyclic amines) is 1. The van der Waals surface area contributed by atoms with Gasteiger partial charge in [0.05, 0.1) is 0 Å². The van der Waals surface area contributed by atoms with E-state index < -0.39 is 0 Å². The predicted octanol–water partition coefficient (Wildman–Crippen LogP) is 2.77. The van der Waals surface area contributed by atoms with Gasteiger partial charge in [-0.2, -0.15) is 0 Å². The highest BCUT2D eigenvalue weighted by molar-refractivity contribution is 5.77. The Balaban J connectivity index is 1.95. The van der Waals surface area contributed by atoms with Crippen molar-refractivity contribution < 1.29 is 4.79 Å². The van der Waals surface area contributed by atoms with Gasteiger partial charge < -0.3 is 10.6 Å². The van der Waals surface area contributed by atoms with Crippen LogP contribution in [0.25, 0.3) is 0 Å². The molecule has 1 fully saturated rings. The molecule has 0 radical (unpaired) electrons. The largest absolute Gasteiger partial charge is 0.340 e. The molecule has 1 aliphatic rings. The molecule has 1 aliphatic heterocycles. The minimum atomic E-state index is 0.0582. The minimum Gasteiger partial charge on any atom is -0.340 e. The van der Waals surface area contributed by atoms with Crippen LogP contribution in [0.1, 0.15) is 44.6 Å². The molecule has 1 heterocycles. The monoisotopic (exact) mass is 274 g/mol. The maximum atomic E-state index is 12.3. The first-order valence-electron chi connectivity index (χ1n) is 7.70. The van der Waals surface area contributed by atoms with Crippen LogP contribution >= 0.6 is 0 Å². The van der Waals surface area contributed by atoms with E-state index in [9.17, 15) is 4.79 Å². The van der Waals surface area contributed by atoms with E-state index in [-0.39, 0.29) is 17.9 Å². The third-order valence-electron chi connectivity index (χ3n) is 4.25. The van der Waals surface area contributed by atoms with Gasteiger partial charge in [0, 0.05) is 31.5 Å². The fraction of sp³-hybridized carbons (Fsp3) is 0.588. The number of benzene rings is 1. The van der Waals surface area contributed by atoms with Crippen molar-refractivity contribution in [1.82, 2.24) is 4.90 Å². The minimum absolute atomic E-state index is 0.0582. The molecule has 2 rings (SSSR count). The zero-order chi connectivity index (χ0) is 14.5. The van der Waals surface area contributed by atoms with Gasteiger partial charge in [-0.1, -0.05) is 57.0 Å². The van der Waals surface area contributed by atoms with Gasteiger partial charge in [0.1, 0.15) is 0 Å². The molecule has 1 amide bonds.